The van der Waals surface area contributed by atoms with Gasteiger partial charge in [0.15, 0.2) is 0 Å². The molecule has 1 aliphatic carbocycles. The Balaban J connectivity index is 1.54. The van der Waals surface area contributed by atoms with Gasteiger partial charge in [0.1, 0.15) is 0 Å². The average Bonchev–Trinajstić information content (AvgIpc) is 3.50. The monoisotopic (exact) mass is 397 g/mol. The molecule has 1 saturated carbocycles. The Hall–Kier alpha value is -2.43. The molecule has 0 aromatic heterocycles. The van der Waals surface area contributed by atoms with Gasteiger partial charge in [0.2, 0.25) is 11.8 Å². The van der Waals surface area contributed by atoms with Crippen molar-refractivity contribution in [2.75, 3.05) is 50.7 Å². The van der Waals surface area contributed by atoms with E-state index in [4.69, 9.17) is 5.26 Å². The van der Waals surface area contributed by atoms with Gasteiger partial charge in [-0.2, -0.15) is 5.26 Å². The van der Waals surface area contributed by atoms with Crippen molar-refractivity contribution in [1.82, 2.24) is 15.1 Å². The Morgan fingerprint density at radius 2 is 1.79 bits per heavy atom. The summed E-state index contributed by atoms with van der Waals surface area (Å²) >= 11 is 0. The molecule has 7 nitrogen and oxygen atoms in total. The van der Waals surface area contributed by atoms with Gasteiger partial charge in [0.05, 0.1) is 25.6 Å². The Labute approximate surface area is 173 Å². The molecule has 0 bridgehead atoms. The van der Waals surface area contributed by atoms with E-state index in [9.17, 15) is 9.59 Å². The first-order chi connectivity index (χ1) is 14.0. The second-order valence-electron chi connectivity index (χ2n) is 8.07. The molecule has 2 aliphatic rings. The molecule has 1 aromatic rings. The third-order valence-corrected chi connectivity index (χ3v) is 5.75. The Morgan fingerprint density at radius 1 is 1.14 bits per heavy atom. The lowest BCUT2D eigenvalue weighted by Crippen LogP contribution is -2.52. The van der Waals surface area contributed by atoms with Crippen LogP contribution in [0.15, 0.2) is 18.2 Å². The SMILES string of the molecule is Cc1cccc(N(CCC#N)C(=O)CN2CCN(CC(=O)NC3CC3)CC2)c1C. The van der Waals surface area contributed by atoms with Gasteiger partial charge < -0.3 is 10.2 Å². The topological polar surface area (TPSA) is 79.7 Å². The third-order valence-electron chi connectivity index (χ3n) is 5.75. The number of hydrogen-bond donors (Lipinski definition) is 1. The molecule has 1 N–H and O–H groups in total. The molecule has 0 radical (unpaired) electrons. The number of hydrogen-bond acceptors (Lipinski definition) is 5. The van der Waals surface area contributed by atoms with Crippen molar-refractivity contribution in [1.29, 1.82) is 5.26 Å². The van der Waals surface area contributed by atoms with Crippen LogP contribution in [0.1, 0.15) is 30.4 Å². The fourth-order valence-electron chi connectivity index (χ4n) is 3.66. The highest BCUT2D eigenvalue weighted by Crippen LogP contribution is 2.23. The lowest BCUT2D eigenvalue weighted by atomic mass is 10.1. The van der Waals surface area contributed by atoms with Crippen molar-refractivity contribution in [2.24, 2.45) is 0 Å². The number of aryl methyl sites for hydroxylation is 1. The van der Waals surface area contributed by atoms with Crippen molar-refractivity contribution < 1.29 is 9.59 Å². The van der Waals surface area contributed by atoms with Crippen molar-refractivity contribution in [3.8, 4) is 6.07 Å². The Morgan fingerprint density at radius 3 is 2.41 bits per heavy atom. The molecular formula is C22H31N5O2. The van der Waals surface area contributed by atoms with Gasteiger partial charge >= 0.3 is 0 Å². The lowest BCUT2D eigenvalue weighted by molar-refractivity contribution is -0.124. The number of carbonyl (C=O) groups is 2. The largest absolute Gasteiger partial charge is 0.352 e. The molecule has 1 aliphatic heterocycles. The maximum Gasteiger partial charge on any atom is 0.241 e. The van der Waals surface area contributed by atoms with Crippen LogP contribution in [0.25, 0.3) is 0 Å². The average molecular weight is 398 g/mol. The summed E-state index contributed by atoms with van der Waals surface area (Å²) < 4.78 is 0. The molecule has 0 atom stereocenters. The second-order valence-corrected chi connectivity index (χ2v) is 8.07. The van der Waals surface area contributed by atoms with E-state index in [0.717, 1.165) is 55.8 Å². The van der Waals surface area contributed by atoms with Crippen molar-refractivity contribution in [3.05, 3.63) is 29.3 Å². The normalized spacial score (nSPS) is 17.6. The smallest absolute Gasteiger partial charge is 0.241 e. The van der Waals surface area contributed by atoms with Crippen LogP contribution in [-0.4, -0.2) is 73.5 Å². The number of carbonyl (C=O) groups excluding carboxylic acids is 2. The van der Waals surface area contributed by atoms with Crippen LogP contribution in [-0.2, 0) is 9.59 Å². The summed E-state index contributed by atoms with van der Waals surface area (Å²) in [5, 5.41) is 12.0. The molecule has 7 heteroatoms. The first-order valence-electron chi connectivity index (χ1n) is 10.5. The molecule has 1 heterocycles. The van der Waals surface area contributed by atoms with Crippen molar-refractivity contribution in [2.45, 2.75) is 39.2 Å². The van der Waals surface area contributed by atoms with Crippen molar-refractivity contribution in [3.63, 3.8) is 0 Å². The first kappa shape index (κ1) is 21.3. The number of nitrogens with one attached hydrogen (secondary N) is 1. The first-order valence-corrected chi connectivity index (χ1v) is 10.5. The quantitative estimate of drug-likeness (QED) is 0.718. The summed E-state index contributed by atoms with van der Waals surface area (Å²) in [5.74, 6) is 0.128. The fourth-order valence-corrected chi connectivity index (χ4v) is 3.66. The van der Waals surface area contributed by atoms with Gasteiger partial charge in [-0.15, -0.1) is 0 Å². The molecule has 2 fully saturated rings. The van der Waals surface area contributed by atoms with Crippen LogP contribution in [0, 0.1) is 25.2 Å². The fraction of sp³-hybridized carbons (Fsp3) is 0.591. The van der Waals surface area contributed by atoms with Crippen molar-refractivity contribution >= 4 is 17.5 Å². The Kier molecular flexibility index (Phi) is 7.24. The third kappa shape index (κ3) is 6.02. The highest BCUT2D eigenvalue weighted by Gasteiger charge is 2.26. The van der Waals surface area contributed by atoms with E-state index in [1.807, 2.05) is 32.0 Å². The van der Waals surface area contributed by atoms with E-state index in [2.05, 4.69) is 21.2 Å². The minimum absolute atomic E-state index is 0.0221. The van der Waals surface area contributed by atoms with E-state index in [1.54, 1.807) is 4.90 Å². The summed E-state index contributed by atoms with van der Waals surface area (Å²) in [5.41, 5.74) is 3.10. The van der Waals surface area contributed by atoms with E-state index in [-0.39, 0.29) is 11.8 Å². The van der Waals surface area contributed by atoms with Gasteiger partial charge in [0, 0.05) is 44.5 Å². The molecule has 2 amide bonds. The molecule has 0 unspecified atom stereocenters. The number of benzene rings is 1. The second kappa shape index (κ2) is 9.86. The molecule has 1 saturated heterocycles. The molecular weight excluding hydrogens is 366 g/mol. The number of amides is 2. The summed E-state index contributed by atoms with van der Waals surface area (Å²) in [4.78, 5) is 31.1. The van der Waals surface area contributed by atoms with Gasteiger partial charge in [-0.1, -0.05) is 12.1 Å². The summed E-state index contributed by atoms with van der Waals surface area (Å²) in [7, 11) is 0. The van der Waals surface area contributed by atoms with Crippen LogP contribution in [0.2, 0.25) is 0 Å². The lowest BCUT2D eigenvalue weighted by Gasteiger charge is -2.35. The van der Waals surface area contributed by atoms with E-state index in [0.29, 0.717) is 32.1 Å². The van der Waals surface area contributed by atoms with E-state index in [1.165, 1.54) is 0 Å². The highest BCUT2D eigenvalue weighted by molar-refractivity contribution is 5.95. The maximum atomic E-state index is 13.1. The standard InChI is InChI=1S/C22H31N5O2/c1-17-5-3-6-20(18(17)2)27(10-4-9-23)22(29)16-26-13-11-25(12-14-26)15-21(28)24-19-7-8-19/h3,5-6,19H,4,7-8,10-16H2,1-2H3,(H,24,28). The van der Waals surface area contributed by atoms with Gasteiger partial charge in [-0.3, -0.25) is 19.4 Å². The van der Waals surface area contributed by atoms with Crippen LogP contribution in [0.3, 0.4) is 0 Å². The number of piperazine rings is 1. The summed E-state index contributed by atoms with van der Waals surface area (Å²) in [6.45, 7) is 8.33. The molecule has 1 aromatic carbocycles. The number of nitriles is 1. The molecule has 29 heavy (non-hydrogen) atoms. The highest BCUT2D eigenvalue weighted by atomic mass is 16.2. The molecule has 156 valence electrons. The zero-order valence-electron chi connectivity index (χ0n) is 17.5. The van der Waals surface area contributed by atoms with Gasteiger partial charge in [-0.25, -0.2) is 0 Å². The minimum Gasteiger partial charge on any atom is -0.352 e. The van der Waals surface area contributed by atoms with Gasteiger partial charge in [0.25, 0.3) is 0 Å². The number of anilines is 1. The zero-order valence-corrected chi connectivity index (χ0v) is 17.5. The molecule has 0 spiro atoms. The number of rotatable bonds is 8. The van der Waals surface area contributed by atoms with Crippen LogP contribution < -0.4 is 10.2 Å². The van der Waals surface area contributed by atoms with E-state index < -0.39 is 0 Å². The van der Waals surface area contributed by atoms with Crippen LogP contribution in [0.5, 0.6) is 0 Å². The maximum absolute atomic E-state index is 13.1. The summed E-state index contributed by atoms with van der Waals surface area (Å²) in [6, 6.07) is 8.48. The summed E-state index contributed by atoms with van der Waals surface area (Å²) in [6.07, 6.45) is 2.51. The number of nitrogens with zero attached hydrogens (tertiary/aromatic N) is 4. The van der Waals surface area contributed by atoms with E-state index >= 15 is 0 Å². The molecule has 3 rings (SSSR count). The van der Waals surface area contributed by atoms with Crippen LogP contribution in [0.4, 0.5) is 5.69 Å². The Bertz CT molecular complexity index is 776. The predicted molar refractivity (Wildman–Crippen MR) is 113 cm³/mol. The van der Waals surface area contributed by atoms with Gasteiger partial charge in [-0.05, 0) is 43.9 Å². The van der Waals surface area contributed by atoms with Crippen LogP contribution >= 0.6 is 0 Å². The predicted octanol–water partition coefficient (Wildman–Crippen LogP) is 1.45. The zero-order chi connectivity index (χ0) is 20.8. The minimum atomic E-state index is 0.0221.